The molecule has 1 aliphatic rings. The molecule has 0 saturated carbocycles. The summed E-state index contributed by atoms with van der Waals surface area (Å²) in [6, 6.07) is 0. The molecule has 0 aromatic carbocycles. The van der Waals surface area contributed by atoms with Crippen molar-refractivity contribution in [1.29, 1.82) is 0 Å². The molecule has 0 atom stereocenters. The van der Waals surface area contributed by atoms with E-state index in [0.717, 1.165) is 51.2 Å². The maximum atomic E-state index is 12.1. The molecule has 3 rings (SSSR count). The molecule has 0 unspecified atom stereocenters. The van der Waals surface area contributed by atoms with Crippen LogP contribution in [0.1, 0.15) is 59.1 Å². The summed E-state index contributed by atoms with van der Waals surface area (Å²) in [5, 5.41) is 2.90. The maximum absolute atomic E-state index is 12.1. The lowest BCUT2D eigenvalue weighted by Gasteiger charge is -2.07. The number of carbonyl (C=O) groups excluding carboxylic acids is 3. The van der Waals surface area contributed by atoms with Crippen molar-refractivity contribution < 1.29 is 19.1 Å². The highest BCUT2D eigenvalue weighted by atomic mass is 16.5. The van der Waals surface area contributed by atoms with E-state index in [1.165, 1.54) is 7.11 Å². The van der Waals surface area contributed by atoms with Gasteiger partial charge in [0.05, 0.1) is 12.8 Å². The standard InChI is InChI=1S/C26H31N3O4/c1-6-18-17(4)26(32)29-23(18)12-21-16(3)20(8-7-11-30)24(28-21)13-22-19(15(2)14-27-22)9-10-25(31)33-5/h6,11-12,14,27-28H,1,7-10,13H2,2-5H3,(H,29,32)/b23-12+. The van der Waals surface area contributed by atoms with Gasteiger partial charge in [-0.3, -0.25) is 9.59 Å². The van der Waals surface area contributed by atoms with E-state index in [0.29, 0.717) is 43.4 Å². The fraction of sp³-hybridized carbons (Fsp3) is 0.346. The van der Waals surface area contributed by atoms with Crippen LogP contribution in [0, 0.1) is 13.8 Å². The van der Waals surface area contributed by atoms with Crippen molar-refractivity contribution in [2.45, 2.75) is 52.9 Å². The van der Waals surface area contributed by atoms with Crippen molar-refractivity contribution in [3.05, 3.63) is 75.0 Å². The van der Waals surface area contributed by atoms with Crippen LogP contribution in [0.25, 0.3) is 6.08 Å². The van der Waals surface area contributed by atoms with Crippen LogP contribution >= 0.6 is 0 Å². The molecule has 1 aliphatic heterocycles. The van der Waals surface area contributed by atoms with Crippen molar-refractivity contribution in [2.75, 3.05) is 7.11 Å². The Morgan fingerprint density at radius 1 is 1.15 bits per heavy atom. The number of aryl methyl sites for hydroxylation is 1. The van der Waals surface area contributed by atoms with E-state index in [9.17, 15) is 14.4 Å². The van der Waals surface area contributed by atoms with E-state index in [4.69, 9.17) is 4.74 Å². The third-order valence-corrected chi connectivity index (χ3v) is 6.26. The molecule has 0 bridgehead atoms. The van der Waals surface area contributed by atoms with Gasteiger partial charge in [-0.25, -0.2) is 0 Å². The Hall–Kier alpha value is -3.61. The van der Waals surface area contributed by atoms with Gasteiger partial charge in [0.15, 0.2) is 0 Å². The first kappa shape index (κ1) is 24.0. The van der Waals surface area contributed by atoms with E-state index < -0.39 is 0 Å². The van der Waals surface area contributed by atoms with Crippen molar-refractivity contribution in [3.8, 4) is 0 Å². The van der Waals surface area contributed by atoms with Gasteiger partial charge in [0.2, 0.25) is 0 Å². The van der Waals surface area contributed by atoms with Crippen molar-refractivity contribution in [2.24, 2.45) is 0 Å². The molecule has 7 heteroatoms. The van der Waals surface area contributed by atoms with Crippen molar-refractivity contribution >= 4 is 24.2 Å². The SMILES string of the molecule is C=CC1=C(C)C(=O)N/C1=C/c1[nH]c(Cc2[nH]cc(C)c2CCC(=O)OC)c(CCC=O)c1C. The van der Waals surface area contributed by atoms with Gasteiger partial charge in [-0.05, 0) is 61.9 Å². The summed E-state index contributed by atoms with van der Waals surface area (Å²) < 4.78 is 4.79. The number of nitrogens with one attached hydrogen (secondary N) is 3. The molecule has 0 radical (unpaired) electrons. The molecule has 3 N–H and O–H groups in total. The predicted octanol–water partition coefficient (Wildman–Crippen LogP) is 3.76. The fourth-order valence-electron chi connectivity index (χ4n) is 4.31. The number of methoxy groups -OCH3 is 1. The molecule has 0 saturated heterocycles. The zero-order valence-electron chi connectivity index (χ0n) is 19.7. The van der Waals surface area contributed by atoms with E-state index in [1.54, 1.807) is 13.0 Å². The second kappa shape index (κ2) is 10.3. The van der Waals surface area contributed by atoms with Crippen LogP contribution in [0.5, 0.6) is 0 Å². The highest BCUT2D eigenvalue weighted by Gasteiger charge is 2.23. The van der Waals surface area contributed by atoms with Crippen molar-refractivity contribution in [1.82, 2.24) is 15.3 Å². The first-order valence-corrected chi connectivity index (χ1v) is 11.0. The molecule has 0 spiro atoms. The van der Waals surface area contributed by atoms with Gasteiger partial charge in [-0.1, -0.05) is 12.7 Å². The lowest BCUT2D eigenvalue weighted by molar-refractivity contribution is -0.140. The number of esters is 1. The Balaban J connectivity index is 1.98. The molecule has 2 aromatic heterocycles. The molecular weight excluding hydrogens is 418 g/mol. The normalized spacial score (nSPS) is 14.7. The van der Waals surface area contributed by atoms with Crippen LogP contribution in [0.4, 0.5) is 0 Å². The summed E-state index contributed by atoms with van der Waals surface area (Å²) in [6.07, 6.45) is 9.04. The van der Waals surface area contributed by atoms with Crippen LogP contribution in [0.2, 0.25) is 0 Å². The Morgan fingerprint density at radius 3 is 2.58 bits per heavy atom. The molecule has 33 heavy (non-hydrogen) atoms. The minimum absolute atomic E-state index is 0.126. The summed E-state index contributed by atoms with van der Waals surface area (Å²) >= 11 is 0. The number of allylic oxidation sites excluding steroid dienone is 1. The number of hydrogen-bond acceptors (Lipinski definition) is 4. The van der Waals surface area contributed by atoms with E-state index in [1.807, 2.05) is 26.1 Å². The highest BCUT2D eigenvalue weighted by molar-refractivity contribution is 6.01. The Labute approximate surface area is 194 Å². The lowest BCUT2D eigenvalue weighted by Crippen LogP contribution is -2.15. The number of aromatic nitrogens is 2. The zero-order chi connectivity index (χ0) is 24.1. The molecule has 0 aliphatic carbocycles. The average Bonchev–Trinajstić information content (AvgIpc) is 3.39. The maximum Gasteiger partial charge on any atom is 0.305 e. The van der Waals surface area contributed by atoms with E-state index in [-0.39, 0.29) is 11.9 Å². The predicted molar refractivity (Wildman–Crippen MR) is 128 cm³/mol. The van der Waals surface area contributed by atoms with Gasteiger partial charge in [0, 0.05) is 53.7 Å². The van der Waals surface area contributed by atoms with Crippen molar-refractivity contribution in [3.63, 3.8) is 0 Å². The molecule has 1 amide bonds. The molecule has 3 heterocycles. The van der Waals surface area contributed by atoms with Gasteiger partial charge < -0.3 is 24.8 Å². The van der Waals surface area contributed by atoms with Crippen LogP contribution in [-0.2, 0) is 38.4 Å². The smallest absolute Gasteiger partial charge is 0.305 e. The average molecular weight is 450 g/mol. The van der Waals surface area contributed by atoms with E-state index in [2.05, 4.69) is 21.9 Å². The highest BCUT2D eigenvalue weighted by Crippen LogP contribution is 2.29. The summed E-state index contributed by atoms with van der Waals surface area (Å²) in [5.74, 6) is -0.364. The summed E-state index contributed by atoms with van der Waals surface area (Å²) in [5.41, 5.74) is 9.38. The van der Waals surface area contributed by atoms with Gasteiger partial charge in [0.1, 0.15) is 6.29 Å². The zero-order valence-corrected chi connectivity index (χ0v) is 19.7. The molecule has 0 fully saturated rings. The Kier molecular flexibility index (Phi) is 7.53. The number of aldehydes is 1. The van der Waals surface area contributed by atoms with Gasteiger partial charge in [0.25, 0.3) is 5.91 Å². The number of ether oxygens (including phenoxy) is 1. The molecule has 174 valence electrons. The molecule has 7 nitrogen and oxygen atoms in total. The fourth-order valence-corrected chi connectivity index (χ4v) is 4.31. The minimum atomic E-state index is -0.238. The lowest BCUT2D eigenvalue weighted by atomic mass is 9.99. The number of carbonyl (C=O) groups is 3. The summed E-state index contributed by atoms with van der Waals surface area (Å²) in [7, 11) is 1.39. The van der Waals surface area contributed by atoms with Gasteiger partial charge in [-0.2, -0.15) is 0 Å². The van der Waals surface area contributed by atoms with E-state index >= 15 is 0 Å². The van der Waals surface area contributed by atoms with Crippen LogP contribution in [0.3, 0.4) is 0 Å². The van der Waals surface area contributed by atoms with Gasteiger partial charge >= 0.3 is 5.97 Å². The van der Waals surface area contributed by atoms with Crippen LogP contribution in [-0.4, -0.2) is 35.2 Å². The third-order valence-electron chi connectivity index (χ3n) is 6.26. The van der Waals surface area contributed by atoms with Gasteiger partial charge in [-0.15, -0.1) is 0 Å². The molecule has 2 aromatic rings. The van der Waals surface area contributed by atoms with Crippen LogP contribution < -0.4 is 5.32 Å². The first-order chi connectivity index (χ1) is 15.8. The summed E-state index contributed by atoms with van der Waals surface area (Å²) in [6.45, 7) is 9.65. The first-order valence-electron chi connectivity index (χ1n) is 11.0. The minimum Gasteiger partial charge on any atom is -0.469 e. The topological polar surface area (TPSA) is 104 Å². The Bertz CT molecular complexity index is 1160. The number of amides is 1. The molecular formula is C26H31N3O4. The van der Waals surface area contributed by atoms with Crippen LogP contribution in [0.15, 0.2) is 35.7 Å². The Morgan fingerprint density at radius 2 is 1.91 bits per heavy atom. The quantitative estimate of drug-likeness (QED) is 0.379. The second-order valence-electron chi connectivity index (χ2n) is 8.26. The number of aromatic amines is 2. The second-order valence-corrected chi connectivity index (χ2v) is 8.26. The number of rotatable bonds is 10. The number of H-pyrrole nitrogens is 2. The number of hydrogen-bond donors (Lipinski definition) is 3. The summed E-state index contributed by atoms with van der Waals surface area (Å²) in [4.78, 5) is 41.7. The largest absolute Gasteiger partial charge is 0.469 e. The third kappa shape index (κ3) is 5.08. The monoisotopic (exact) mass is 449 g/mol.